The van der Waals surface area contributed by atoms with Crippen LogP contribution in [-0.4, -0.2) is 30.5 Å². The van der Waals surface area contributed by atoms with E-state index in [0.717, 1.165) is 31.5 Å². The van der Waals surface area contributed by atoms with Crippen LogP contribution in [0.25, 0.3) is 0 Å². The van der Waals surface area contributed by atoms with Gasteiger partial charge in [0.15, 0.2) is 0 Å². The normalized spacial score (nSPS) is 19.4. The van der Waals surface area contributed by atoms with E-state index in [4.69, 9.17) is 17.3 Å². The molecule has 0 unspecified atom stereocenters. The predicted molar refractivity (Wildman–Crippen MR) is 79.9 cm³/mol. The Morgan fingerprint density at radius 3 is 2.91 bits per heavy atom. The Labute approximate surface area is 133 Å². The van der Waals surface area contributed by atoms with Gasteiger partial charge in [0.1, 0.15) is 5.75 Å². The highest BCUT2D eigenvalue weighted by Gasteiger charge is 2.21. The molecule has 0 bridgehead atoms. The summed E-state index contributed by atoms with van der Waals surface area (Å²) in [6, 6.07) is 4.81. The van der Waals surface area contributed by atoms with Crippen LogP contribution >= 0.6 is 11.6 Å². The molecular weight excluding hydrogens is 314 g/mol. The summed E-state index contributed by atoms with van der Waals surface area (Å²) in [7, 11) is 0. The SMILES string of the molecule is NC(=O)C[C@H]1CCCN(Cc2ccc(OC(F)F)c(Cl)c2)C1. The fourth-order valence-corrected chi connectivity index (χ4v) is 3.09. The van der Waals surface area contributed by atoms with E-state index < -0.39 is 6.61 Å². The molecule has 1 saturated heterocycles. The van der Waals surface area contributed by atoms with Gasteiger partial charge in [0.2, 0.25) is 5.91 Å². The minimum absolute atomic E-state index is 0.0225. The third kappa shape index (κ3) is 5.10. The number of hydrogen-bond acceptors (Lipinski definition) is 3. The topological polar surface area (TPSA) is 55.6 Å². The number of ether oxygens (including phenoxy) is 1. The number of hydrogen-bond donors (Lipinski definition) is 1. The number of nitrogens with zero attached hydrogens (tertiary/aromatic N) is 1. The minimum atomic E-state index is -2.89. The zero-order valence-corrected chi connectivity index (χ0v) is 12.9. The molecule has 2 rings (SSSR count). The molecule has 1 atom stereocenters. The van der Waals surface area contributed by atoms with E-state index in [9.17, 15) is 13.6 Å². The standard InChI is InChI=1S/C15H19ClF2N2O2/c16-12-6-11(3-4-13(12)22-15(17)18)9-20-5-1-2-10(8-20)7-14(19)21/h3-4,6,10,15H,1-2,5,7-9H2,(H2,19,21)/t10-/m1/s1. The molecule has 7 heteroatoms. The lowest BCUT2D eigenvalue weighted by Crippen LogP contribution is -2.36. The van der Waals surface area contributed by atoms with E-state index in [1.807, 2.05) is 0 Å². The first-order chi connectivity index (χ1) is 10.4. The van der Waals surface area contributed by atoms with Crippen LogP contribution in [0.5, 0.6) is 5.75 Å². The van der Waals surface area contributed by atoms with Crippen molar-refractivity contribution in [2.45, 2.75) is 32.4 Å². The van der Waals surface area contributed by atoms with E-state index in [1.165, 1.54) is 6.07 Å². The van der Waals surface area contributed by atoms with Crippen molar-refractivity contribution in [3.8, 4) is 5.75 Å². The highest BCUT2D eigenvalue weighted by molar-refractivity contribution is 6.32. The maximum atomic E-state index is 12.2. The van der Waals surface area contributed by atoms with E-state index in [-0.39, 0.29) is 22.6 Å². The molecule has 1 aliphatic heterocycles. The zero-order valence-electron chi connectivity index (χ0n) is 12.1. The largest absolute Gasteiger partial charge is 0.433 e. The number of alkyl halides is 2. The van der Waals surface area contributed by atoms with Crippen LogP contribution < -0.4 is 10.5 Å². The van der Waals surface area contributed by atoms with Crippen LogP contribution in [0.2, 0.25) is 5.02 Å². The second-order valence-electron chi connectivity index (χ2n) is 5.56. The minimum Gasteiger partial charge on any atom is -0.433 e. The van der Waals surface area contributed by atoms with Crippen molar-refractivity contribution in [1.29, 1.82) is 0 Å². The Hall–Kier alpha value is -1.40. The summed E-state index contributed by atoms with van der Waals surface area (Å²) >= 11 is 5.95. The van der Waals surface area contributed by atoms with E-state index in [1.54, 1.807) is 12.1 Å². The number of likely N-dealkylation sites (tertiary alicyclic amines) is 1. The molecule has 0 radical (unpaired) electrons. The van der Waals surface area contributed by atoms with Gasteiger partial charge >= 0.3 is 6.61 Å². The number of benzene rings is 1. The van der Waals surface area contributed by atoms with E-state index >= 15 is 0 Å². The number of rotatable bonds is 6. The van der Waals surface area contributed by atoms with Crippen LogP contribution in [0.4, 0.5) is 8.78 Å². The molecule has 1 fully saturated rings. The molecule has 1 aromatic carbocycles. The second-order valence-corrected chi connectivity index (χ2v) is 5.96. The molecule has 0 saturated carbocycles. The van der Waals surface area contributed by atoms with Crippen molar-refractivity contribution >= 4 is 17.5 Å². The maximum absolute atomic E-state index is 12.2. The predicted octanol–water partition coefficient (Wildman–Crippen LogP) is 3.03. The number of piperidine rings is 1. The van der Waals surface area contributed by atoms with Crippen LogP contribution in [-0.2, 0) is 11.3 Å². The Balaban J connectivity index is 1.95. The van der Waals surface area contributed by atoms with Crippen LogP contribution in [0.15, 0.2) is 18.2 Å². The molecule has 0 aromatic heterocycles. The van der Waals surface area contributed by atoms with Crippen molar-refractivity contribution in [3.63, 3.8) is 0 Å². The highest BCUT2D eigenvalue weighted by atomic mass is 35.5. The molecule has 0 spiro atoms. The van der Waals surface area contributed by atoms with Gasteiger partial charge in [0, 0.05) is 19.5 Å². The summed E-state index contributed by atoms with van der Waals surface area (Å²) in [6.45, 7) is -0.498. The summed E-state index contributed by atoms with van der Waals surface area (Å²) in [5.74, 6) is -0.0165. The molecule has 0 aliphatic carbocycles. The van der Waals surface area contributed by atoms with Crippen molar-refractivity contribution in [3.05, 3.63) is 28.8 Å². The number of primary amides is 1. The van der Waals surface area contributed by atoms with Crippen molar-refractivity contribution in [1.82, 2.24) is 4.90 Å². The van der Waals surface area contributed by atoms with Gasteiger partial charge in [-0.25, -0.2) is 0 Å². The lowest BCUT2D eigenvalue weighted by Gasteiger charge is -2.32. The number of nitrogens with two attached hydrogens (primary N) is 1. The third-order valence-electron chi connectivity index (χ3n) is 3.71. The summed E-state index contributed by atoms with van der Waals surface area (Å²) < 4.78 is 28.7. The molecule has 1 amide bonds. The first-order valence-corrected chi connectivity index (χ1v) is 7.55. The van der Waals surface area contributed by atoms with Crippen LogP contribution in [0.3, 0.4) is 0 Å². The van der Waals surface area contributed by atoms with E-state index in [0.29, 0.717) is 13.0 Å². The summed E-state index contributed by atoms with van der Waals surface area (Å²) in [4.78, 5) is 13.2. The Morgan fingerprint density at radius 1 is 1.50 bits per heavy atom. The maximum Gasteiger partial charge on any atom is 0.387 e. The van der Waals surface area contributed by atoms with E-state index in [2.05, 4.69) is 9.64 Å². The monoisotopic (exact) mass is 332 g/mol. The third-order valence-corrected chi connectivity index (χ3v) is 4.01. The molecular formula is C15H19ClF2N2O2. The summed E-state index contributed by atoms with van der Waals surface area (Å²) in [5, 5.41) is 0.170. The summed E-state index contributed by atoms with van der Waals surface area (Å²) in [5.41, 5.74) is 6.17. The molecule has 122 valence electrons. The quantitative estimate of drug-likeness (QED) is 0.871. The zero-order chi connectivity index (χ0) is 16.1. The van der Waals surface area contributed by atoms with Crippen LogP contribution in [0.1, 0.15) is 24.8 Å². The second kappa shape index (κ2) is 7.74. The summed E-state index contributed by atoms with van der Waals surface area (Å²) in [6.07, 6.45) is 2.41. The molecule has 1 heterocycles. The van der Waals surface area contributed by atoms with Gasteiger partial charge in [0.05, 0.1) is 5.02 Å². The van der Waals surface area contributed by atoms with Gasteiger partial charge in [-0.15, -0.1) is 0 Å². The average Bonchev–Trinajstić information content (AvgIpc) is 2.41. The van der Waals surface area contributed by atoms with Crippen molar-refractivity contribution < 1.29 is 18.3 Å². The van der Waals surface area contributed by atoms with Gasteiger partial charge in [-0.3, -0.25) is 9.69 Å². The number of halogens is 3. The van der Waals surface area contributed by atoms with Crippen LogP contribution in [0, 0.1) is 5.92 Å². The molecule has 1 aromatic rings. The van der Waals surface area contributed by atoms with Crippen molar-refractivity contribution in [2.75, 3.05) is 13.1 Å². The van der Waals surface area contributed by atoms with Crippen molar-refractivity contribution in [2.24, 2.45) is 11.7 Å². The van der Waals surface area contributed by atoms with Gasteiger partial charge in [-0.1, -0.05) is 17.7 Å². The molecule has 4 nitrogen and oxygen atoms in total. The Kier molecular flexibility index (Phi) is 5.97. The number of carbonyl (C=O) groups is 1. The molecule has 22 heavy (non-hydrogen) atoms. The van der Waals surface area contributed by atoms with Gasteiger partial charge in [-0.05, 0) is 43.0 Å². The number of carbonyl (C=O) groups excluding carboxylic acids is 1. The highest BCUT2D eigenvalue weighted by Crippen LogP contribution is 2.28. The molecule has 1 aliphatic rings. The van der Waals surface area contributed by atoms with Gasteiger partial charge < -0.3 is 10.5 Å². The van der Waals surface area contributed by atoms with Gasteiger partial charge in [-0.2, -0.15) is 8.78 Å². The smallest absolute Gasteiger partial charge is 0.387 e. The fraction of sp³-hybridized carbons (Fsp3) is 0.533. The Morgan fingerprint density at radius 2 is 2.27 bits per heavy atom. The lowest BCUT2D eigenvalue weighted by molar-refractivity contribution is -0.119. The van der Waals surface area contributed by atoms with Gasteiger partial charge in [0.25, 0.3) is 0 Å². The average molecular weight is 333 g/mol. The number of amides is 1. The molecule has 2 N–H and O–H groups in total. The Bertz CT molecular complexity index is 528. The first-order valence-electron chi connectivity index (χ1n) is 7.18. The fourth-order valence-electron chi connectivity index (χ4n) is 2.84. The lowest BCUT2D eigenvalue weighted by atomic mass is 9.94. The first kappa shape index (κ1) is 17.0.